The van der Waals surface area contributed by atoms with Crippen LogP contribution in [0.25, 0.3) is 0 Å². The molecule has 1 fully saturated rings. The second-order valence-electron chi connectivity index (χ2n) is 5.68. The molecule has 3 nitrogen and oxygen atoms in total. The molecule has 2 aromatic rings. The molecule has 1 atom stereocenters. The highest BCUT2D eigenvalue weighted by molar-refractivity contribution is 8.01. The number of nitrogens with two attached hydrogens (primary N) is 1. The second kappa shape index (κ2) is 8.90. The minimum Gasteiger partial charge on any atom is -0.326 e. The van der Waals surface area contributed by atoms with Crippen LogP contribution in [-0.4, -0.2) is 25.2 Å². The van der Waals surface area contributed by atoms with Crippen molar-refractivity contribution < 1.29 is 8.42 Å². The van der Waals surface area contributed by atoms with Crippen LogP contribution in [0.5, 0.6) is 0 Å². The first-order valence-corrected chi connectivity index (χ1v) is 10.8. The summed E-state index contributed by atoms with van der Waals surface area (Å²) in [7, 11) is -3.13. The molecule has 0 aliphatic carbocycles. The van der Waals surface area contributed by atoms with Crippen LogP contribution < -0.4 is 5.73 Å². The Kier molecular flexibility index (Phi) is 7.16. The number of sulfone groups is 1. The lowest BCUT2D eigenvalue weighted by atomic mass is 10.1. The van der Waals surface area contributed by atoms with E-state index < -0.39 is 9.84 Å². The highest BCUT2D eigenvalue weighted by Crippen LogP contribution is 2.28. The lowest BCUT2D eigenvalue weighted by molar-refractivity contribution is 0.584. The lowest BCUT2D eigenvalue weighted by Gasteiger charge is -2.10. The number of halogens is 1. The summed E-state index contributed by atoms with van der Waals surface area (Å²) in [6.07, 6.45) is 0.760. The maximum atomic E-state index is 12.1. The van der Waals surface area contributed by atoms with Crippen molar-refractivity contribution in [2.24, 2.45) is 5.73 Å². The van der Waals surface area contributed by atoms with Gasteiger partial charge >= 0.3 is 0 Å². The van der Waals surface area contributed by atoms with Gasteiger partial charge in [0.15, 0.2) is 9.84 Å². The molecule has 2 N–H and O–H groups in total. The molecule has 0 bridgehead atoms. The fourth-order valence-corrected chi connectivity index (χ4v) is 6.07. The van der Waals surface area contributed by atoms with Crippen LogP contribution in [0.15, 0.2) is 53.4 Å². The van der Waals surface area contributed by atoms with E-state index >= 15 is 0 Å². The molecular weight excluding hydrogens is 362 g/mol. The molecule has 1 saturated heterocycles. The molecule has 130 valence electrons. The van der Waals surface area contributed by atoms with Gasteiger partial charge in [-0.15, -0.1) is 0 Å². The van der Waals surface area contributed by atoms with Crippen LogP contribution >= 0.6 is 23.4 Å². The Morgan fingerprint density at radius 3 is 2.42 bits per heavy atom. The minimum atomic E-state index is -3.13. The fourth-order valence-electron chi connectivity index (χ4n) is 2.41. The van der Waals surface area contributed by atoms with E-state index in [4.69, 9.17) is 17.3 Å². The normalized spacial score (nSPS) is 17.2. The SMILES string of the molecule is Cc1cccc(CN)c1.O=S(=O)(c1ccc(Cl)cc1)C1CCSC1. The van der Waals surface area contributed by atoms with Gasteiger partial charge in [0.05, 0.1) is 10.1 Å². The molecule has 1 heterocycles. The molecule has 24 heavy (non-hydrogen) atoms. The third kappa shape index (κ3) is 5.24. The van der Waals surface area contributed by atoms with E-state index in [1.54, 1.807) is 36.0 Å². The van der Waals surface area contributed by atoms with Crippen molar-refractivity contribution >= 4 is 33.2 Å². The van der Waals surface area contributed by atoms with Crippen molar-refractivity contribution in [1.82, 2.24) is 0 Å². The third-order valence-corrected chi connectivity index (χ3v) is 7.62. The summed E-state index contributed by atoms with van der Waals surface area (Å²) >= 11 is 7.42. The van der Waals surface area contributed by atoms with Crippen molar-refractivity contribution in [3.63, 3.8) is 0 Å². The fraction of sp³-hybridized carbons (Fsp3) is 0.333. The molecule has 6 heteroatoms. The number of hydrogen-bond donors (Lipinski definition) is 1. The van der Waals surface area contributed by atoms with Gasteiger partial charge < -0.3 is 5.73 Å². The van der Waals surface area contributed by atoms with E-state index in [-0.39, 0.29) is 5.25 Å². The topological polar surface area (TPSA) is 60.2 Å². The predicted octanol–water partition coefficient (Wildman–Crippen LogP) is 4.07. The molecule has 0 aromatic heterocycles. The summed E-state index contributed by atoms with van der Waals surface area (Å²) in [5, 5.41) is 0.346. The van der Waals surface area contributed by atoms with E-state index in [2.05, 4.69) is 19.1 Å². The van der Waals surface area contributed by atoms with Crippen molar-refractivity contribution in [2.45, 2.75) is 30.0 Å². The zero-order chi connectivity index (χ0) is 17.6. The molecule has 0 spiro atoms. The van der Waals surface area contributed by atoms with Gasteiger partial charge in [0.1, 0.15) is 0 Å². The van der Waals surface area contributed by atoms with Gasteiger partial charge in [-0.3, -0.25) is 0 Å². The number of aryl methyl sites for hydroxylation is 1. The maximum absolute atomic E-state index is 12.1. The van der Waals surface area contributed by atoms with Gasteiger partial charge in [0.2, 0.25) is 0 Å². The zero-order valence-corrected chi connectivity index (χ0v) is 16.0. The molecule has 3 rings (SSSR count). The van der Waals surface area contributed by atoms with Crippen molar-refractivity contribution in [3.8, 4) is 0 Å². The molecule has 0 radical (unpaired) electrons. The molecule has 0 saturated carbocycles. The number of thioether (sulfide) groups is 1. The first-order valence-electron chi connectivity index (χ1n) is 7.76. The average Bonchev–Trinajstić information content (AvgIpc) is 3.11. The van der Waals surface area contributed by atoms with Crippen LogP contribution in [-0.2, 0) is 16.4 Å². The highest BCUT2D eigenvalue weighted by atomic mass is 35.5. The number of rotatable bonds is 3. The van der Waals surface area contributed by atoms with E-state index in [0.29, 0.717) is 22.2 Å². The summed E-state index contributed by atoms with van der Waals surface area (Å²) in [6, 6.07) is 14.6. The second-order valence-corrected chi connectivity index (χ2v) is 9.49. The summed E-state index contributed by atoms with van der Waals surface area (Å²) < 4.78 is 24.2. The maximum Gasteiger partial charge on any atom is 0.182 e. The molecule has 2 aromatic carbocycles. The first-order chi connectivity index (χ1) is 11.4. The largest absolute Gasteiger partial charge is 0.326 e. The minimum absolute atomic E-state index is 0.219. The average molecular weight is 384 g/mol. The molecule has 1 aliphatic heterocycles. The smallest absolute Gasteiger partial charge is 0.182 e. The Labute approximate surface area is 153 Å². The summed E-state index contributed by atoms with van der Waals surface area (Å²) in [6.45, 7) is 2.71. The molecule has 0 amide bonds. The zero-order valence-electron chi connectivity index (χ0n) is 13.6. The Bertz CT molecular complexity index is 755. The third-order valence-electron chi connectivity index (χ3n) is 3.79. The number of benzene rings is 2. The van der Waals surface area contributed by atoms with Gasteiger partial charge in [-0.2, -0.15) is 11.8 Å². The molecule has 1 aliphatic rings. The lowest BCUT2D eigenvalue weighted by Crippen LogP contribution is -2.20. The van der Waals surface area contributed by atoms with Crippen LogP contribution in [0, 0.1) is 6.92 Å². The van der Waals surface area contributed by atoms with Gasteiger partial charge in [-0.1, -0.05) is 41.4 Å². The van der Waals surface area contributed by atoms with Crippen LogP contribution in [0.2, 0.25) is 5.02 Å². The monoisotopic (exact) mass is 383 g/mol. The Hall–Kier alpha value is -1.01. The van der Waals surface area contributed by atoms with Crippen molar-refractivity contribution in [2.75, 3.05) is 11.5 Å². The molecule has 1 unspecified atom stereocenters. The van der Waals surface area contributed by atoms with Gasteiger partial charge in [0.25, 0.3) is 0 Å². The standard InChI is InChI=1S/C10H11ClO2S2.C8H11N/c11-8-1-3-9(4-2-8)15(12,13)10-5-6-14-7-10;1-7-3-2-4-8(5-7)6-9/h1-4,10H,5-7H2;2-5H,6,9H2,1H3. The highest BCUT2D eigenvalue weighted by Gasteiger charge is 2.30. The van der Waals surface area contributed by atoms with Gasteiger partial charge in [-0.05, 0) is 48.9 Å². The van der Waals surface area contributed by atoms with E-state index in [9.17, 15) is 8.42 Å². The van der Waals surface area contributed by atoms with Crippen LogP contribution in [0.4, 0.5) is 0 Å². The van der Waals surface area contributed by atoms with Crippen LogP contribution in [0.1, 0.15) is 17.5 Å². The number of hydrogen-bond acceptors (Lipinski definition) is 4. The van der Waals surface area contributed by atoms with E-state index in [1.807, 2.05) is 12.1 Å². The van der Waals surface area contributed by atoms with Crippen molar-refractivity contribution in [3.05, 3.63) is 64.7 Å². The van der Waals surface area contributed by atoms with Gasteiger partial charge in [-0.25, -0.2) is 8.42 Å². The van der Waals surface area contributed by atoms with Crippen molar-refractivity contribution in [1.29, 1.82) is 0 Å². The molecular formula is C18H22ClNO2S2. The Morgan fingerprint density at radius 2 is 1.92 bits per heavy atom. The Balaban J connectivity index is 0.000000198. The van der Waals surface area contributed by atoms with E-state index in [0.717, 1.165) is 12.2 Å². The van der Waals surface area contributed by atoms with Crippen LogP contribution in [0.3, 0.4) is 0 Å². The van der Waals surface area contributed by atoms with E-state index in [1.165, 1.54) is 11.1 Å². The predicted molar refractivity (Wildman–Crippen MR) is 103 cm³/mol. The first kappa shape index (κ1) is 19.3. The summed E-state index contributed by atoms with van der Waals surface area (Å²) in [5.74, 6) is 1.66. The quantitative estimate of drug-likeness (QED) is 0.867. The Morgan fingerprint density at radius 1 is 1.21 bits per heavy atom. The van der Waals surface area contributed by atoms with Gasteiger partial charge in [0, 0.05) is 17.3 Å². The summed E-state index contributed by atoms with van der Waals surface area (Å²) in [4.78, 5) is 0.388. The summed E-state index contributed by atoms with van der Waals surface area (Å²) in [5.41, 5.74) is 7.90.